The molecule has 1 N–H and O–H groups in total. The van der Waals surface area contributed by atoms with Crippen molar-refractivity contribution in [2.75, 3.05) is 11.8 Å². The summed E-state index contributed by atoms with van der Waals surface area (Å²) < 4.78 is 33.6. The van der Waals surface area contributed by atoms with Crippen molar-refractivity contribution >= 4 is 21.7 Å². The number of nitrogens with one attached hydrogen (secondary N) is 1. The zero-order valence-electron chi connectivity index (χ0n) is 12.5. The van der Waals surface area contributed by atoms with Gasteiger partial charge in [-0.25, -0.2) is 13.2 Å². The number of carbonyl (C=O) groups excluding carboxylic acids is 1. The van der Waals surface area contributed by atoms with E-state index in [-0.39, 0.29) is 16.1 Å². The van der Waals surface area contributed by atoms with Crippen LogP contribution in [0.2, 0.25) is 0 Å². The second-order valence-electron chi connectivity index (χ2n) is 4.55. The number of sulfonamides is 1. The van der Waals surface area contributed by atoms with Crippen molar-refractivity contribution in [3.05, 3.63) is 41.7 Å². The number of benzene rings is 1. The Balaban J connectivity index is 2.41. The fraction of sp³-hybridized carbons (Fsp3) is 0.286. The van der Waals surface area contributed by atoms with Gasteiger partial charge in [-0.05, 0) is 26.0 Å². The number of aromatic nitrogens is 2. The summed E-state index contributed by atoms with van der Waals surface area (Å²) in [6.07, 6.45) is 1.29. The molecular formula is C14H17N3O4S. The number of ether oxygens (including phenoxy) is 1. The molecule has 1 aromatic heterocycles. The van der Waals surface area contributed by atoms with Crippen LogP contribution in [0.25, 0.3) is 0 Å². The molecule has 0 saturated carbocycles. The molecule has 0 amide bonds. The first-order valence-electron chi connectivity index (χ1n) is 6.63. The summed E-state index contributed by atoms with van der Waals surface area (Å²) in [4.78, 5) is 11.8. The molecule has 0 aliphatic rings. The number of aryl methyl sites for hydroxylation is 1. The van der Waals surface area contributed by atoms with Crippen LogP contribution in [-0.2, 0) is 21.3 Å². The van der Waals surface area contributed by atoms with E-state index < -0.39 is 16.0 Å². The SMILES string of the molecule is CCn1ncc(S(=O)(=O)Nc2ccccc2C(=O)OC)c1C. The van der Waals surface area contributed by atoms with Gasteiger partial charge in [0.2, 0.25) is 0 Å². The van der Waals surface area contributed by atoms with Crippen molar-refractivity contribution in [3.63, 3.8) is 0 Å². The van der Waals surface area contributed by atoms with Crippen LogP contribution in [0.4, 0.5) is 5.69 Å². The summed E-state index contributed by atoms with van der Waals surface area (Å²) in [5.74, 6) is -0.612. The van der Waals surface area contributed by atoms with Gasteiger partial charge in [-0.1, -0.05) is 12.1 Å². The lowest BCUT2D eigenvalue weighted by Crippen LogP contribution is -2.16. The monoisotopic (exact) mass is 323 g/mol. The van der Waals surface area contributed by atoms with E-state index in [1.165, 1.54) is 25.4 Å². The van der Waals surface area contributed by atoms with Crippen LogP contribution in [0, 0.1) is 6.92 Å². The molecule has 2 aromatic rings. The van der Waals surface area contributed by atoms with Crippen molar-refractivity contribution in [3.8, 4) is 0 Å². The molecule has 7 nitrogen and oxygen atoms in total. The van der Waals surface area contributed by atoms with Gasteiger partial charge in [0.05, 0.1) is 30.3 Å². The molecular weight excluding hydrogens is 306 g/mol. The summed E-state index contributed by atoms with van der Waals surface area (Å²) in [5, 5.41) is 4.02. The molecule has 8 heteroatoms. The average Bonchev–Trinajstić information content (AvgIpc) is 2.88. The molecule has 0 fully saturated rings. The largest absolute Gasteiger partial charge is 0.465 e. The first-order chi connectivity index (χ1) is 10.4. The normalized spacial score (nSPS) is 11.2. The van der Waals surface area contributed by atoms with Gasteiger partial charge in [0.1, 0.15) is 4.90 Å². The van der Waals surface area contributed by atoms with Crippen molar-refractivity contribution < 1.29 is 17.9 Å². The minimum absolute atomic E-state index is 0.0778. The first kappa shape index (κ1) is 16.0. The Hall–Kier alpha value is -2.35. The molecule has 118 valence electrons. The second-order valence-corrected chi connectivity index (χ2v) is 6.20. The Bertz CT molecular complexity index is 796. The third-order valence-corrected chi connectivity index (χ3v) is 4.69. The maximum atomic E-state index is 12.5. The lowest BCUT2D eigenvalue weighted by molar-refractivity contribution is 0.0602. The molecule has 0 saturated heterocycles. The maximum absolute atomic E-state index is 12.5. The van der Waals surface area contributed by atoms with Crippen LogP contribution >= 0.6 is 0 Å². The lowest BCUT2D eigenvalue weighted by Gasteiger charge is -2.11. The van der Waals surface area contributed by atoms with Gasteiger partial charge in [0.15, 0.2) is 0 Å². The van der Waals surface area contributed by atoms with E-state index in [1.807, 2.05) is 6.92 Å². The van der Waals surface area contributed by atoms with E-state index >= 15 is 0 Å². The minimum atomic E-state index is -3.84. The number of carbonyl (C=O) groups is 1. The van der Waals surface area contributed by atoms with Crippen LogP contribution in [-0.4, -0.2) is 31.3 Å². The van der Waals surface area contributed by atoms with Gasteiger partial charge in [0.25, 0.3) is 10.0 Å². The number of methoxy groups -OCH3 is 1. The minimum Gasteiger partial charge on any atom is -0.465 e. The standard InChI is InChI=1S/C14H17N3O4S/c1-4-17-10(2)13(9-15-17)22(19,20)16-12-8-6-5-7-11(12)14(18)21-3/h5-9,16H,4H2,1-3H3. The summed E-state index contributed by atoms with van der Waals surface area (Å²) in [7, 11) is -2.60. The van der Waals surface area contributed by atoms with Crippen molar-refractivity contribution in [2.45, 2.75) is 25.3 Å². The van der Waals surface area contributed by atoms with Crippen LogP contribution in [0.3, 0.4) is 0 Å². The molecule has 0 bridgehead atoms. The highest BCUT2D eigenvalue weighted by atomic mass is 32.2. The molecule has 2 rings (SSSR count). The molecule has 22 heavy (non-hydrogen) atoms. The Morgan fingerprint density at radius 3 is 2.64 bits per heavy atom. The van der Waals surface area contributed by atoms with Gasteiger partial charge < -0.3 is 4.74 Å². The lowest BCUT2D eigenvalue weighted by atomic mass is 10.2. The fourth-order valence-corrected chi connectivity index (χ4v) is 3.33. The van der Waals surface area contributed by atoms with Crippen molar-refractivity contribution in [1.82, 2.24) is 9.78 Å². The number of para-hydroxylation sites is 1. The van der Waals surface area contributed by atoms with Gasteiger partial charge in [-0.3, -0.25) is 9.40 Å². The Morgan fingerprint density at radius 2 is 2.05 bits per heavy atom. The van der Waals surface area contributed by atoms with E-state index in [0.717, 1.165) is 0 Å². The molecule has 1 heterocycles. The number of hydrogen-bond acceptors (Lipinski definition) is 5. The fourth-order valence-electron chi connectivity index (χ4n) is 2.07. The Labute approximate surface area is 129 Å². The Morgan fingerprint density at radius 1 is 1.36 bits per heavy atom. The van der Waals surface area contributed by atoms with E-state index in [4.69, 9.17) is 0 Å². The molecule has 0 aliphatic heterocycles. The summed E-state index contributed by atoms with van der Waals surface area (Å²) in [5.41, 5.74) is 0.845. The van der Waals surface area contributed by atoms with E-state index in [2.05, 4.69) is 14.6 Å². The summed E-state index contributed by atoms with van der Waals surface area (Å²) in [6.45, 7) is 4.12. The number of rotatable bonds is 5. The highest BCUT2D eigenvalue weighted by molar-refractivity contribution is 7.92. The zero-order chi connectivity index (χ0) is 16.3. The molecule has 0 spiro atoms. The predicted octanol–water partition coefficient (Wildman–Crippen LogP) is 1.80. The van der Waals surface area contributed by atoms with Crippen LogP contribution in [0.5, 0.6) is 0 Å². The van der Waals surface area contributed by atoms with Gasteiger partial charge in [-0.15, -0.1) is 0 Å². The predicted molar refractivity (Wildman–Crippen MR) is 81.2 cm³/mol. The van der Waals surface area contributed by atoms with Gasteiger partial charge >= 0.3 is 5.97 Å². The average molecular weight is 323 g/mol. The topological polar surface area (TPSA) is 90.3 Å². The summed E-state index contributed by atoms with van der Waals surface area (Å²) in [6, 6.07) is 6.26. The molecule has 0 unspecified atom stereocenters. The van der Waals surface area contributed by atoms with Crippen LogP contribution in [0.1, 0.15) is 23.0 Å². The Kier molecular flexibility index (Phi) is 4.51. The highest BCUT2D eigenvalue weighted by Crippen LogP contribution is 2.22. The third-order valence-electron chi connectivity index (χ3n) is 3.22. The third kappa shape index (κ3) is 2.96. The number of esters is 1. The van der Waals surface area contributed by atoms with Gasteiger partial charge in [-0.2, -0.15) is 5.10 Å². The van der Waals surface area contributed by atoms with Crippen LogP contribution in [0.15, 0.2) is 35.4 Å². The number of hydrogen-bond donors (Lipinski definition) is 1. The molecule has 0 radical (unpaired) electrons. The van der Waals surface area contributed by atoms with Crippen molar-refractivity contribution in [2.24, 2.45) is 0 Å². The van der Waals surface area contributed by atoms with E-state index in [9.17, 15) is 13.2 Å². The number of anilines is 1. The quantitative estimate of drug-likeness (QED) is 0.847. The summed E-state index contributed by atoms with van der Waals surface area (Å²) >= 11 is 0. The van der Waals surface area contributed by atoms with Crippen molar-refractivity contribution in [1.29, 1.82) is 0 Å². The van der Waals surface area contributed by atoms with E-state index in [1.54, 1.807) is 23.7 Å². The highest BCUT2D eigenvalue weighted by Gasteiger charge is 2.23. The maximum Gasteiger partial charge on any atom is 0.339 e. The number of nitrogens with zero attached hydrogens (tertiary/aromatic N) is 2. The second kappa shape index (κ2) is 6.18. The molecule has 1 aromatic carbocycles. The van der Waals surface area contributed by atoms with E-state index in [0.29, 0.717) is 12.2 Å². The first-order valence-corrected chi connectivity index (χ1v) is 8.11. The zero-order valence-corrected chi connectivity index (χ0v) is 13.3. The molecule has 0 aliphatic carbocycles. The smallest absolute Gasteiger partial charge is 0.339 e. The van der Waals surface area contributed by atoms with Gasteiger partial charge in [0, 0.05) is 6.54 Å². The van der Waals surface area contributed by atoms with Crippen LogP contribution < -0.4 is 4.72 Å². The molecule has 0 atom stereocenters.